The van der Waals surface area contributed by atoms with Crippen LogP contribution in [0.5, 0.6) is 0 Å². The summed E-state index contributed by atoms with van der Waals surface area (Å²) in [4.78, 5) is 31.1. The Bertz CT molecular complexity index is 4000. The molecule has 4 aromatic heterocycles. The van der Waals surface area contributed by atoms with Crippen molar-refractivity contribution in [1.29, 1.82) is 0 Å². The second-order valence-corrected chi connectivity index (χ2v) is 20.3. The first-order chi connectivity index (χ1) is 34.6. The molecule has 0 saturated heterocycles. The number of aromatic nitrogens is 6. The van der Waals surface area contributed by atoms with Crippen LogP contribution in [0.3, 0.4) is 0 Å². The Kier molecular flexibility index (Phi) is 8.72. The lowest BCUT2D eigenvalue weighted by Crippen LogP contribution is -2.27. The number of rotatable bonds is 6. The van der Waals surface area contributed by atoms with Crippen molar-refractivity contribution in [1.82, 2.24) is 29.9 Å². The van der Waals surface area contributed by atoms with Crippen molar-refractivity contribution in [2.45, 2.75) is 11.8 Å². The molecule has 16 rings (SSSR count). The van der Waals surface area contributed by atoms with Gasteiger partial charge in [0, 0.05) is 85.6 Å². The summed E-state index contributed by atoms with van der Waals surface area (Å²) < 4.78 is 5.03. The van der Waals surface area contributed by atoms with E-state index in [9.17, 15) is 0 Å². The van der Waals surface area contributed by atoms with Crippen LogP contribution in [-0.4, -0.2) is 29.9 Å². The van der Waals surface area contributed by atoms with E-state index in [4.69, 9.17) is 29.9 Å². The molecule has 0 N–H and O–H groups in total. The van der Waals surface area contributed by atoms with E-state index < -0.39 is 0 Å². The summed E-state index contributed by atoms with van der Waals surface area (Å²) in [5.41, 5.74) is 13.6. The summed E-state index contributed by atoms with van der Waals surface area (Å²) >= 11 is 3.62. The van der Waals surface area contributed by atoms with Gasteiger partial charge in [-0.3, -0.25) is 0 Å². The third-order valence-corrected chi connectivity index (χ3v) is 16.5. The molecule has 8 heteroatoms. The summed E-state index contributed by atoms with van der Waals surface area (Å²) in [6.07, 6.45) is 0. The van der Waals surface area contributed by atoms with Crippen LogP contribution in [0.4, 0.5) is 0 Å². The molecular formula is C62H36N6S2. The highest BCUT2D eigenvalue weighted by Gasteiger charge is 2.41. The van der Waals surface area contributed by atoms with E-state index in [0.29, 0.717) is 34.9 Å². The Labute approximate surface area is 410 Å². The fourth-order valence-corrected chi connectivity index (χ4v) is 13.1. The van der Waals surface area contributed by atoms with E-state index in [1.54, 1.807) is 0 Å². The van der Waals surface area contributed by atoms with Gasteiger partial charge in [0.15, 0.2) is 34.9 Å². The van der Waals surface area contributed by atoms with Gasteiger partial charge in [0.25, 0.3) is 0 Å². The smallest absolute Gasteiger partial charge is 0.164 e. The van der Waals surface area contributed by atoms with Crippen molar-refractivity contribution < 1.29 is 0 Å². The lowest BCUT2D eigenvalue weighted by atomic mass is 9.61. The lowest BCUT2D eigenvalue weighted by molar-refractivity contribution is 0.754. The summed E-state index contributed by atoms with van der Waals surface area (Å²) in [6, 6.07) is 73.4. The molecule has 0 saturated carbocycles. The molecule has 70 heavy (non-hydrogen) atoms. The Morgan fingerprint density at radius 3 is 0.971 bits per heavy atom. The molecule has 326 valence electrons. The Hall–Kier alpha value is -8.56. The van der Waals surface area contributed by atoms with Crippen LogP contribution in [0, 0.1) is 0 Å². The van der Waals surface area contributed by atoms with Crippen LogP contribution >= 0.6 is 22.7 Å². The molecular weight excluding hydrogens is 893 g/mol. The number of hydrogen-bond donors (Lipinski definition) is 0. The summed E-state index contributed by atoms with van der Waals surface area (Å²) in [5, 5.41) is 4.92. The number of benzene rings is 9. The fraction of sp³-hybridized carbons (Fsp3) is 0.0323. The maximum Gasteiger partial charge on any atom is 0.164 e. The highest BCUT2D eigenvalue weighted by atomic mass is 32.1. The van der Waals surface area contributed by atoms with Gasteiger partial charge in [0.1, 0.15) is 0 Å². The SMILES string of the molecule is c1ccc(-c2nc(-c3ccc4c(c3)C3c5ccccc5C4c4cc(-c5nc(-c6ccccc6)nc(-c6ccc7sc8ccccc8c7c6)n5)ccc43)nc(-c3ccc4sc5ccccc5c4c3)n2)cc1. The van der Waals surface area contributed by atoms with Crippen molar-refractivity contribution in [2.24, 2.45) is 0 Å². The lowest BCUT2D eigenvalue weighted by Gasteiger charge is -2.42. The molecule has 0 fully saturated rings. The van der Waals surface area contributed by atoms with Gasteiger partial charge in [-0.15, -0.1) is 22.7 Å². The van der Waals surface area contributed by atoms with E-state index in [-0.39, 0.29) is 11.8 Å². The van der Waals surface area contributed by atoms with Crippen LogP contribution in [0.15, 0.2) is 206 Å². The molecule has 2 bridgehead atoms. The van der Waals surface area contributed by atoms with Crippen molar-refractivity contribution in [3.05, 3.63) is 240 Å². The first-order valence-electron chi connectivity index (χ1n) is 23.5. The van der Waals surface area contributed by atoms with E-state index in [2.05, 4.69) is 170 Å². The van der Waals surface area contributed by atoms with Gasteiger partial charge in [-0.05, 0) is 94.0 Å². The predicted octanol–water partition coefficient (Wildman–Crippen LogP) is 15.8. The minimum absolute atomic E-state index is 0.0188. The van der Waals surface area contributed by atoms with E-state index in [1.165, 1.54) is 73.7 Å². The standard InChI is InChI=1S/C62H36N6S2/c1-3-13-35(14-4-1)57-63-59(67-61(65-57)39-25-29-53-47(31-39)41-17-9-11-21-51(41)69-53)37-23-27-45-49(33-37)55-43-19-7-8-20-44(43)56(45)50-34-38(24-28-46(50)55)60-64-58(36-15-5-2-6-16-36)66-62(68-60)40-26-30-54-48(32-40)42-18-10-12-22-52(42)70-54/h1-34,55-56H. The number of hydrogen-bond acceptors (Lipinski definition) is 8. The van der Waals surface area contributed by atoms with Gasteiger partial charge >= 0.3 is 0 Å². The number of fused-ring (bicyclic) bond motifs is 6. The Morgan fingerprint density at radius 2 is 0.543 bits per heavy atom. The van der Waals surface area contributed by atoms with E-state index in [1.807, 2.05) is 59.1 Å². The minimum Gasteiger partial charge on any atom is -0.208 e. The van der Waals surface area contributed by atoms with Crippen molar-refractivity contribution in [3.63, 3.8) is 0 Å². The van der Waals surface area contributed by atoms with Crippen molar-refractivity contribution >= 4 is 63.0 Å². The van der Waals surface area contributed by atoms with E-state index >= 15 is 0 Å². The van der Waals surface area contributed by atoms with Crippen LogP contribution in [0.25, 0.3) is 109 Å². The van der Waals surface area contributed by atoms with Gasteiger partial charge < -0.3 is 0 Å². The van der Waals surface area contributed by atoms with Gasteiger partial charge in [-0.1, -0.05) is 146 Å². The fourth-order valence-electron chi connectivity index (χ4n) is 10.9. The molecule has 6 nitrogen and oxygen atoms in total. The zero-order valence-electron chi connectivity index (χ0n) is 37.3. The molecule has 0 amide bonds. The van der Waals surface area contributed by atoms with Gasteiger partial charge in [-0.25, -0.2) is 29.9 Å². The highest BCUT2D eigenvalue weighted by molar-refractivity contribution is 7.26. The second-order valence-electron chi connectivity index (χ2n) is 18.1. The highest BCUT2D eigenvalue weighted by Crippen LogP contribution is 2.56. The molecule has 0 radical (unpaired) electrons. The largest absolute Gasteiger partial charge is 0.208 e. The monoisotopic (exact) mass is 928 g/mol. The first kappa shape index (κ1) is 39.4. The zero-order valence-corrected chi connectivity index (χ0v) is 38.9. The van der Waals surface area contributed by atoms with Gasteiger partial charge in [-0.2, -0.15) is 0 Å². The van der Waals surface area contributed by atoms with Crippen LogP contribution in [0.1, 0.15) is 45.2 Å². The maximum atomic E-state index is 5.26. The Morgan fingerprint density at radius 1 is 0.229 bits per heavy atom. The molecule has 2 atom stereocenters. The average Bonchev–Trinajstić information content (AvgIpc) is 4.01. The molecule has 9 aromatic carbocycles. The molecule has 3 aliphatic carbocycles. The summed E-state index contributed by atoms with van der Waals surface area (Å²) in [5.74, 6) is 3.95. The first-order valence-corrected chi connectivity index (χ1v) is 25.1. The number of thiophene rings is 2. The Balaban J connectivity index is 0.857. The zero-order chi connectivity index (χ0) is 45.9. The third-order valence-electron chi connectivity index (χ3n) is 14.2. The molecule has 3 aliphatic rings. The molecule has 4 heterocycles. The van der Waals surface area contributed by atoms with Gasteiger partial charge in [0.05, 0.1) is 0 Å². The van der Waals surface area contributed by atoms with Gasteiger partial charge in [0.2, 0.25) is 0 Å². The normalized spacial score (nSPS) is 14.6. The quantitative estimate of drug-likeness (QED) is 0.165. The number of nitrogens with zero attached hydrogens (tertiary/aromatic N) is 6. The molecule has 0 spiro atoms. The third kappa shape index (κ3) is 6.23. The molecule has 13 aromatic rings. The van der Waals surface area contributed by atoms with Crippen molar-refractivity contribution in [2.75, 3.05) is 0 Å². The maximum absolute atomic E-state index is 5.26. The van der Waals surface area contributed by atoms with Crippen molar-refractivity contribution in [3.8, 4) is 68.3 Å². The predicted molar refractivity (Wildman–Crippen MR) is 286 cm³/mol. The van der Waals surface area contributed by atoms with Crippen LogP contribution < -0.4 is 0 Å². The minimum atomic E-state index is 0.0188. The topological polar surface area (TPSA) is 77.3 Å². The second kappa shape index (κ2) is 15.5. The average molecular weight is 929 g/mol. The summed E-state index contributed by atoms with van der Waals surface area (Å²) in [6.45, 7) is 0. The molecule has 0 aliphatic heterocycles. The van der Waals surface area contributed by atoms with Crippen LogP contribution in [-0.2, 0) is 0 Å². The van der Waals surface area contributed by atoms with Crippen LogP contribution in [0.2, 0.25) is 0 Å². The summed E-state index contributed by atoms with van der Waals surface area (Å²) in [7, 11) is 0. The molecule has 2 unspecified atom stereocenters. The van der Waals surface area contributed by atoms with E-state index in [0.717, 1.165) is 33.4 Å².